The largest absolute Gasteiger partial charge is 0.376 e. The molecule has 0 radical (unpaired) electrons. The molecule has 1 atom stereocenters. The fourth-order valence-electron chi connectivity index (χ4n) is 2.40. The monoisotopic (exact) mass is 481 g/mol. The number of likely N-dealkylation sites (N-methyl/N-ethyl adjacent to an activating group) is 1. The number of carbonyl (C=O) groups is 1. The van der Waals surface area contributed by atoms with Gasteiger partial charge in [0.25, 0.3) is 0 Å². The van der Waals surface area contributed by atoms with Gasteiger partial charge in [0.05, 0.1) is 23.4 Å². The molecule has 1 amide bonds. The van der Waals surface area contributed by atoms with Crippen molar-refractivity contribution in [2.24, 2.45) is 4.99 Å². The van der Waals surface area contributed by atoms with Crippen molar-refractivity contribution in [1.82, 2.24) is 20.1 Å². The fraction of sp³-hybridized carbons (Fsp3) is 0.688. The Morgan fingerprint density at radius 1 is 1.48 bits per heavy atom. The third-order valence-corrected chi connectivity index (χ3v) is 4.62. The Kier molecular flexibility index (Phi) is 9.65. The van der Waals surface area contributed by atoms with Crippen molar-refractivity contribution in [2.75, 3.05) is 40.8 Å². The van der Waals surface area contributed by atoms with Crippen LogP contribution in [0.3, 0.4) is 0 Å². The van der Waals surface area contributed by atoms with Crippen LogP contribution in [0.1, 0.15) is 23.5 Å². The van der Waals surface area contributed by atoms with Crippen LogP contribution in [-0.2, 0) is 16.1 Å². The first-order valence-electron chi connectivity index (χ1n) is 8.18. The molecule has 25 heavy (non-hydrogen) atoms. The summed E-state index contributed by atoms with van der Waals surface area (Å²) < 4.78 is 5.65. The van der Waals surface area contributed by atoms with Crippen molar-refractivity contribution < 1.29 is 9.53 Å². The molecule has 1 aliphatic rings. The number of aryl methyl sites for hydroxylation is 1. The molecule has 142 valence electrons. The van der Waals surface area contributed by atoms with Gasteiger partial charge in [-0.15, -0.1) is 35.3 Å². The third-order valence-electron chi connectivity index (χ3n) is 3.80. The van der Waals surface area contributed by atoms with Crippen LogP contribution < -0.4 is 5.32 Å². The number of ether oxygens (including phenoxy) is 1. The number of hydrogen-bond acceptors (Lipinski definition) is 5. The van der Waals surface area contributed by atoms with Crippen molar-refractivity contribution in [3.63, 3.8) is 0 Å². The molecule has 0 spiro atoms. The van der Waals surface area contributed by atoms with Crippen LogP contribution in [0.4, 0.5) is 0 Å². The second-order valence-corrected chi connectivity index (χ2v) is 7.22. The average Bonchev–Trinajstić information content (AvgIpc) is 3.18. The summed E-state index contributed by atoms with van der Waals surface area (Å²) in [7, 11) is 5.42. The Labute approximate surface area is 170 Å². The van der Waals surface area contributed by atoms with Crippen LogP contribution in [0, 0.1) is 6.92 Å². The highest BCUT2D eigenvalue weighted by Crippen LogP contribution is 2.12. The van der Waals surface area contributed by atoms with E-state index in [0.29, 0.717) is 19.0 Å². The van der Waals surface area contributed by atoms with Gasteiger partial charge in [-0.3, -0.25) is 4.79 Å². The smallest absolute Gasteiger partial charge is 0.243 e. The predicted octanol–water partition coefficient (Wildman–Crippen LogP) is 1.71. The van der Waals surface area contributed by atoms with E-state index in [1.165, 1.54) is 0 Å². The number of carbonyl (C=O) groups excluding carboxylic acids is 1. The summed E-state index contributed by atoms with van der Waals surface area (Å²) in [5, 5.41) is 6.44. The number of rotatable bonds is 6. The van der Waals surface area contributed by atoms with Crippen molar-refractivity contribution in [3.8, 4) is 0 Å². The minimum absolute atomic E-state index is 0. The summed E-state index contributed by atoms with van der Waals surface area (Å²) >= 11 is 1.64. The Bertz CT molecular complexity index is 573. The lowest BCUT2D eigenvalue weighted by molar-refractivity contribution is -0.127. The first-order valence-corrected chi connectivity index (χ1v) is 9.06. The van der Waals surface area contributed by atoms with Crippen LogP contribution in [0.25, 0.3) is 0 Å². The molecule has 1 aliphatic heterocycles. The van der Waals surface area contributed by atoms with Gasteiger partial charge < -0.3 is 19.9 Å². The van der Waals surface area contributed by atoms with Gasteiger partial charge >= 0.3 is 0 Å². The molecule has 1 aromatic rings. The molecule has 0 saturated carbocycles. The van der Waals surface area contributed by atoms with E-state index in [-0.39, 0.29) is 42.5 Å². The van der Waals surface area contributed by atoms with E-state index >= 15 is 0 Å². The highest BCUT2D eigenvalue weighted by atomic mass is 127. The standard InChI is InChI=1S/C16H27N5O2S.HI/c1-12-19-13(11-24-12)10-21(4)16(18-9-15(22)20(2)3)17-8-14-6-5-7-23-14;/h11,14H,5-10H2,1-4H3,(H,17,18);1H. The summed E-state index contributed by atoms with van der Waals surface area (Å²) in [6.07, 6.45) is 2.38. The molecule has 7 nitrogen and oxygen atoms in total. The zero-order valence-corrected chi connectivity index (χ0v) is 18.5. The summed E-state index contributed by atoms with van der Waals surface area (Å²) in [6.45, 7) is 4.30. The van der Waals surface area contributed by atoms with Gasteiger partial charge in [-0.1, -0.05) is 0 Å². The molecular formula is C16H28IN5O2S. The second kappa shape index (κ2) is 10.9. The van der Waals surface area contributed by atoms with Gasteiger partial charge in [-0.05, 0) is 19.8 Å². The van der Waals surface area contributed by atoms with E-state index in [1.54, 1.807) is 30.3 Å². The number of aromatic nitrogens is 1. The van der Waals surface area contributed by atoms with Gasteiger partial charge in [-0.25, -0.2) is 9.98 Å². The Morgan fingerprint density at radius 3 is 2.80 bits per heavy atom. The molecule has 0 aliphatic carbocycles. The quantitative estimate of drug-likeness (QED) is 0.381. The van der Waals surface area contributed by atoms with E-state index in [0.717, 1.165) is 30.2 Å². The van der Waals surface area contributed by atoms with Crippen LogP contribution in [0.5, 0.6) is 0 Å². The van der Waals surface area contributed by atoms with Crippen LogP contribution in [0.2, 0.25) is 0 Å². The maximum absolute atomic E-state index is 11.8. The summed E-state index contributed by atoms with van der Waals surface area (Å²) in [4.78, 5) is 24.3. The van der Waals surface area contributed by atoms with E-state index in [9.17, 15) is 4.79 Å². The van der Waals surface area contributed by atoms with Gasteiger partial charge in [0.15, 0.2) is 5.96 Å². The lowest BCUT2D eigenvalue weighted by Crippen LogP contribution is -2.42. The Hall–Kier alpha value is -0.940. The molecule has 1 fully saturated rings. The SMILES string of the molecule is Cc1nc(CN(C)C(=NCC(=O)N(C)C)NCC2CCCO2)cs1.I. The maximum Gasteiger partial charge on any atom is 0.243 e. The molecule has 0 aromatic carbocycles. The maximum atomic E-state index is 11.8. The highest BCUT2D eigenvalue weighted by Gasteiger charge is 2.17. The summed E-state index contributed by atoms with van der Waals surface area (Å²) in [6, 6.07) is 0. The minimum atomic E-state index is -0.0238. The molecule has 9 heteroatoms. The van der Waals surface area contributed by atoms with E-state index in [1.807, 2.05) is 18.9 Å². The van der Waals surface area contributed by atoms with E-state index in [2.05, 4.69) is 20.7 Å². The molecule has 1 aromatic heterocycles. The predicted molar refractivity (Wildman–Crippen MR) is 112 cm³/mol. The number of aliphatic imine (C=N–C) groups is 1. The van der Waals surface area contributed by atoms with E-state index in [4.69, 9.17) is 4.74 Å². The van der Waals surface area contributed by atoms with Crippen molar-refractivity contribution >= 4 is 47.2 Å². The van der Waals surface area contributed by atoms with Gasteiger partial charge in [-0.2, -0.15) is 0 Å². The molecule has 1 N–H and O–H groups in total. The number of guanidine groups is 1. The molecule has 1 unspecified atom stereocenters. The van der Waals surface area contributed by atoms with Crippen LogP contribution >= 0.6 is 35.3 Å². The van der Waals surface area contributed by atoms with E-state index < -0.39 is 0 Å². The molecule has 2 heterocycles. The van der Waals surface area contributed by atoms with Crippen molar-refractivity contribution in [2.45, 2.75) is 32.4 Å². The Morgan fingerprint density at radius 2 is 2.24 bits per heavy atom. The number of halogens is 1. The van der Waals surface area contributed by atoms with Crippen LogP contribution in [-0.4, -0.2) is 73.6 Å². The molecule has 1 saturated heterocycles. The lowest BCUT2D eigenvalue weighted by Gasteiger charge is -2.23. The first kappa shape index (κ1) is 22.1. The zero-order valence-electron chi connectivity index (χ0n) is 15.3. The number of thiazole rings is 1. The van der Waals surface area contributed by atoms with Gasteiger partial charge in [0, 0.05) is 39.7 Å². The Balaban J connectivity index is 0.00000312. The number of hydrogen-bond donors (Lipinski definition) is 1. The highest BCUT2D eigenvalue weighted by molar-refractivity contribution is 14.0. The first-order chi connectivity index (χ1) is 11.5. The number of amides is 1. The molecule has 0 bridgehead atoms. The van der Waals surface area contributed by atoms with Gasteiger partial charge in [0.2, 0.25) is 5.91 Å². The third kappa shape index (κ3) is 7.45. The van der Waals surface area contributed by atoms with Crippen molar-refractivity contribution in [1.29, 1.82) is 0 Å². The fourth-order valence-corrected chi connectivity index (χ4v) is 3.01. The number of nitrogens with zero attached hydrogens (tertiary/aromatic N) is 4. The molecular weight excluding hydrogens is 453 g/mol. The summed E-state index contributed by atoms with van der Waals surface area (Å²) in [5.74, 6) is 0.677. The normalized spacial score (nSPS) is 17.1. The topological polar surface area (TPSA) is 70.1 Å². The minimum Gasteiger partial charge on any atom is -0.376 e. The second-order valence-electron chi connectivity index (χ2n) is 6.16. The average molecular weight is 481 g/mol. The van der Waals surface area contributed by atoms with Crippen LogP contribution in [0.15, 0.2) is 10.4 Å². The number of nitrogens with one attached hydrogen (secondary N) is 1. The zero-order chi connectivity index (χ0) is 17.5. The van der Waals surface area contributed by atoms with Gasteiger partial charge in [0.1, 0.15) is 6.54 Å². The van der Waals surface area contributed by atoms with Crippen molar-refractivity contribution in [3.05, 3.63) is 16.1 Å². The lowest BCUT2D eigenvalue weighted by atomic mass is 10.2. The molecule has 2 rings (SSSR count). The summed E-state index contributed by atoms with van der Waals surface area (Å²) in [5.41, 5.74) is 1.01.